The molecule has 0 saturated carbocycles. The predicted octanol–water partition coefficient (Wildman–Crippen LogP) is 7.53. The van der Waals surface area contributed by atoms with Gasteiger partial charge in [0.2, 0.25) is 0 Å². The lowest BCUT2D eigenvalue weighted by atomic mass is 9.59. The summed E-state index contributed by atoms with van der Waals surface area (Å²) in [6.07, 6.45) is 0. The zero-order valence-electron chi connectivity index (χ0n) is 21.8. The van der Waals surface area contributed by atoms with Crippen LogP contribution in [0.4, 0.5) is 0 Å². The largest absolute Gasteiger partial charge is 0.296 e. The maximum atomic E-state index is 9.49. The molecule has 5 rings (SSSR count). The molecular formula is C28H34N2. The molecule has 2 aromatic heterocycles. The number of benzene rings is 2. The van der Waals surface area contributed by atoms with E-state index in [0.717, 1.165) is 38.8 Å². The fourth-order valence-electron chi connectivity index (χ4n) is 5.33. The van der Waals surface area contributed by atoms with E-state index in [0.29, 0.717) is 17.6 Å². The molecule has 0 bridgehead atoms. The van der Waals surface area contributed by atoms with E-state index >= 15 is 0 Å². The van der Waals surface area contributed by atoms with E-state index in [1.165, 1.54) is 0 Å². The number of imidazole rings is 1. The first-order chi connectivity index (χ1) is 14.6. The van der Waals surface area contributed by atoms with Crippen molar-refractivity contribution >= 4 is 27.5 Å². The number of hydrogen-bond acceptors (Lipinski definition) is 1. The molecule has 2 nitrogen and oxygen atoms in total. The highest BCUT2D eigenvalue weighted by Gasteiger charge is 2.57. The molecule has 2 aromatic carbocycles. The summed E-state index contributed by atoms with van der Waals surface area (Å²) in [4.78, 5) is 5.07. The third-order valence-corrected chi connectivity index (χ3v) is 8.49. The molecule has 0 spiro atoms. The second-order valence-corrected chi connectivity index (χ2v) is 11.7. The normalized spacial score (nSPS) is 20.6. The molecule has 2 heterocycles. The Bertz CT molecular complexity index is 1450. The van der Waals surface area contributed by atoms with Gasteiger partial charge in [-0.15, -0.1) is 0 Å². The van der Waals surface area contributed by atoms with Crippen LogP contribution in [0.5, 0.6) is 0 Å². The Morgan fingerprint density at radius 3 is 2.13 bits per heavy atom. The summed E-state index contributed by atoms with van der Waals surface area (Å²) >= 11 is 0. The van der Waals surface area contributed by atoms with Gasteiger partial charge in [-0.3, -0.25) is 4.40 Å². The van der Waals surface area contributed by atoms with Gasteiger partial charge in [0.05, 0.1) is 13.8 Å². The van der Waals surface area contributed by atoms with E-state index in [2.05, 4.69) is 91.0 Å². The topological polar surface area (TPSA) is 17.3 Å². The van der Waals surface area contributed by atoms with Crippen molar-refractivity contribution in [2.45, 2.75) is 78.6 Å². The van der Waals surface area contributed by atoms with Crippen LogP contribution in [0.15, 0.2) is 42.4 Å². The van der Waals surface area contributed by atoms with Gasteiger partial charge in [0.15, 0.2) is 0 Å². The van der Waals surface area contributed by atoms with Gasteiger partial charge in [-0.1, -0.05) is 86.6 Å². The average Bonchev–Trinajstić information content (AvgIpc) is 3.13. The minimum absolute atomic E-state index is 0.104. The van der Waals surface area contributed by atoms with Crippen molar-refractivity contribution in [2.75, 3.05) is 0 Å². The van der Waals surface area contributed by atoms with Gasteiger partial charge in [0.1, 0.15) is 5.65 Å². The number of pyridine rings is 1. The summed E-state index contributed by atoms with van der Waals surface area (Å²) in [5.74, 6) is 0. The molecule has 4 aromatic rings. The standard InChI is InChI=1S/C28H34N2/c1-25(2,3)23-14-17-12-10-11-13-18(17)24-29-21-15-19-20(16-22(21)30(23)24)27(6,7)28(8,9)26(19,4)5/h10-16H,1-9H3/i15D,16D. The zero-order chi connectivity index (χ0) is 23.6. The molecule has 0 aliphatic heterocycles. The van der Waals surface area contributed by atoms with Gasteiger partial charge in [-0.25, -0.2) is 4.98 Å². The first kappa shape index (κ1) is 17.3. The Labute approximate surface area is 183 Å². The van der Waals surface area contributed by atoms with Gasteiger partial charge < -0.3 is 0 Å². The number of nitrogens with zero attached hydrogens (tertiary/aromatic N) is 2. The highest BCUT2D eigenvalue weighted by molar-refractivity contribution is 5.99. The maximum absolute atomic E-state index is 9.49. The van der Waals surface area contributed by atoms with E-state index in [-0.39, 0.29) is 21.7 Å². The molecule has 1 aliphatic rings. The lowest BCUT2D eigenvalue weighted by Gasteiger charge is -2.44. The van der Waals surface area contributed by atoms with Crippen molar-refractivity contribution in [3.63, 3.8) is 0 Å². The minimum Gasteiger partial charge on any atom is -0.296 e. The molecular weight excluding hydrogens is 364 g/mol. The van der Waals surface area contributed by atoms with Gasteiger partial charge in [-0.05, 0) is 50.9 Å². The smallest absolute Gasteiger partial charge is 0.146 e. The van der Waals surface area contributed by atoms with Crippen LogP contribution < -0.4 is 0 Å². The van der Waals surface area contributed by atoms with Crippen LogP contribution in [0, 0.1) is 5.41 Å². The van der Waals surface area contributed by atoms with Crippen molar-refractivity contribution in [2.24, 2.45) is 5.41 Å². The first-order valence-corrected chi connectivity index (χ1v) is 11.0. The molecule has 0 saturated heterocycles. The molecule has 1 aliphatic carbocycles. The van der Waals surface area contributed by atoms with Crippen LogP contribution in [-0.2, 0) is 16.2 Å². The third-order valence-electron chi connectivity index (χ3n) is 8.49. The lowest BCUT2D eigenvalue weighted by molar-refractivity contribution is 0.125. The molecule has 0 fully saturated rings. The van der Waals surface area contributed by atoms with Crippen LogP contribution in [-0.4, -0.2) is 9.38 Å². The summed E-state index contributed by atoms with van der Waals surface area (Å²) in [5, 5.41) is 2.21. The van der Waals surface area contributed by atoms with Crippen molar-refractivity contribution < 1.29 is 2.74 Å². The Kier molecular flexibility index (Phi) is 3.16. The van der Waals surface area contributed by atoms with Crippen LogP contribution >= 0.6 is 0 Å². The second kappa shape index (κ2) is 5.46. The monoisotopic (exact) mass is 400 g/mol. The van der Waals surface area contributed by atoms with E-state index < -0.39 is 0 Å². The molecule has 30 heavy (non-hydrogen) atoms. The maximum Gasteiger partial charge on any atom is 0.146 e. The van der Waals surface area contributed by atoms with E-state index in [1.807, 2.05) is 6.07 Å². The van der Waals surface area contributed by atoms with Gasteiger partial charge >= 0.3 is 0 Å². The second-order valence-electron chi connectivity index (χ2n) is 11.7. The average molecular weight is 401 g/mol. The molecule has 0 unspecified atom stereocenters. The Morgan fingerprint density at radius 2 is 1.50 bits per heavy atom. The van der Waals surface area contributed by atoms with Gasteiger partial charge in [-0.2, -0.15) is 0 Å². The van der Waals surface area contributed by atoms with Crippen molar-refractivity contribution in [1.82, 2.24) is 9.38 Å². The number of rotatable bonds is 0. The SMILES string of the molecule is [2H]c1c2c(c([2H])c3c1nc1c4ccccc4cc(C(C)(C)C)n13)C(C)(C)C(C)(C)C2(C)C. The first-order valence-electron chi connectivity index (χ1n) is 12.0. The molecule has 156 valence electrons. The Balaban J connectivity index is 2.10. The van der Waals surface area contributed by atoms with Crippen molar-refractivity contribution in [1.29, 1.82) is 0 Å². The molecule has 0 radical (unpaired) electrons. The minimum atomic E-state index is -0.240. The number of aromatic nitrogens is 2. The molecule has 0 amide bonds. The van der Waals surface area contributed by atoms with Gasteiger partial charge in [0.25, 0.3) is 0 Å². The van der Waals surface area contributed by atoms with Crippen molar-refractivity contribution in [3.05, 3.63) is 59.2 Å². The van der Waals surface area contributed by atoms with E-state index in [9.17, 15) is 2.74 Å². The third kappa shape index (κ3) is 2.18. The number of hydrogen-bond donors (Lipinski definition) is 0. The summed E-state index contributed by atoms with van der Waals surface area (Å²) in [6.45, 7) is 20.1. The molecule has 2 heteroatoms. The quantitative estimate of drug-likeness (QED) is 0.298. The van der Waals surface area contributed by atoms with E-state index in [4.69, 9.17) is 4.98 Å². The summed E-state index contributed by atoms with van der Waals surface area (Å²) in [5.41, 5.74) is 4.69. The fourth-order valence-corrected chi connectivity index (χ4v) is 5.33. The Morgan fingerprint density at radius 1 is 0.900 bits per heavy atom. The Hall–Kier alpha value is -2.35. The van der Waals surface area contributed by atoms with Crippen LogP contribution in [0.3, 0.4) is 0 Å². The van der Waals surface area contributed by atoms with Crippen LogP contribution in [0.25, 0.3) is 27.5 Å². The van der Waals surface area contributed by atoms with Crippen LogP contribution in [0.2, 0.25) is 0 Å². The summed E-state index contributed by atoms with van der Waals surface area (Å²) < 4.78 is 21.0. The summed E-state index contributed by atoms with van der Waals surface area (Å²) in [7, 11) is 0. The van der Waals surface area contributed by atoms with Gasteiger partial charge in [0, 0.05) is 16.5 Å². The highest BCUT2D eigenvalue weighted by Crippen LogP contribution is 2.62. The van der Waals surface area contributed by atoms with E-state index in [1.54, 1.807) is 0 Å². The van der Waals surface area contributed by atoms with Crippen LogP contribution in [0.1, 0.15) is 81.9 Å². The highest BCUT2D eigenvalue weighted by atomic mass is 15.0. The predicted molar refractivity (Wildman–Crippen MR) is 129 cm³/mol. The van der Waals surface area contributed by atoms with Crippen molar-refractivity contribution in [3.8, 4) is 0 Å². The zero-order valence-corrected chi connectivity index (χ0v) is 19.8. The number of fused-ring (bicyclic) bond motifs is 6. The molecule has 0 N–H and O–H groups in total. The fraction of sp³-hybridized carbons (Fsp3) is 0.464. The molecule has 0 atom stereocenters. The lowest BCUT2D eigenvalue weighted by Crippen LogP contribution is -2.42. The summed E-state index contributed by atoms with van der Waals surface area (Å²) in [6, 6.07) is 11.6.